The number of alkyl halides is 3. The van der Waals surface area contributed by atoms with Crippen molar-refractivity contribution in [3.05, 3.63) is 35.4 Å². The molecule has 1 aromatic rings. The minimum absolute atomic E-state index is 0.207. The number of nitrogens with one attached hydrogen (secondary N) is 1. The van der Waals surface area contributed by atoms with Crippen molar-refractivity contribution < 1.29 is 18.0 Å². The molecule has 3 nitrogen and oxygen atoms in total. The van der Waals surface area contributed by atoms with E-state index in [4.69, 9.17) is 5.26 Å². The molecule has 0 aromatic heterocycles. The summed E-state index contributed by atoms with van der Waals surface area (Å²) in [6.45, 7) is 1.85. The SMILES string of the molecule is CC[C@H](Cc1ccc(C(F)(F)F)cc1)C(=O)NC1(C#N)CC1. The zero-order chi connectivity index (χ0) is 16.4. The molecule has 0 heterocycles. The van der Waals surface area contributed by atoms with E-state index in [1.807, 2.05) is 6.92 Å². The summed E-state index contributed by atoms with van der Waals surface area (Å²) in [5.74, 6) is -0.552. The van der Waals surface area contributed by atoms with Crippen molar-refractivity contribution in [3.63, 3.8) is 0 Å². The van der Waals surface area contributed by atoms with E-state index in [9.17, 15) is 18.0 Å². The molecule has 1 saturated carbocycles. The van der Waals surface area contributed by atoms with Gasteiger partial charge in [-0.3, -0.25) is 4.79 Å². The van der Waals surface area contributed by atoms with Gasteiger partial charge >= 0.3 is 6.18 Å². The molecule has 1 fully saturated rings. The van der Waals surface area contributed by atoms with Crippen molar-refractivity contribution in [2.24, 2.45) is 5.92 Å². The fraction of sp³-hybridized carbons (Fsp3) is 0.500. The van der Waals surface area contributed by atoms with Crippen molar-refractivity contribution in [3.8, 4) is 6.07 Å². The smallest absolute Gasteiger partial charge is 0.338 e. The van der Waals surface area contributed by atoms with Gasteiger partial charge < -0.3 is 5.32 Å². The number of halogens is 3. The summed E-state index contributed by atoms with van der Waals surface area (Å²) in [6, 6.07) is 6.94. The molecule has 1 atom stereocenters. The van der Waals surface area contributed by atoms with Gasteiger partial charge in [-0.05, 0) is 43.4 Å². The van der Waals surface area contributed by atoms with Crippen LogP contribution >= 0.6 is 0 Å². The third-order valence-corrected chi connectivity index (χ3v) is 3.95. The van der Waals surface area contributed by atoms with Crippen LogP contribution in [0.3, 0.4) is 0 Å². The minimum atomic E-state index is -4.36. The number of carbonyl (C=O) groups excluding carboxylic acids is 1. The quantitative estimate of drug-likeness (QED) is 0.905. The summed E-state index contributed by atoms with van der Waals surface area (Å²) in [6.07, 6.45) is -2.11. The van der Waals surface area contributed by atoms with E-state index in [2.05, 4.69) is 11.4 Å². The number of hydrogen-bond donors (Lipinski definition) is 1. The Bertz CT molecular complexity index is 583. The first kappa shape index (κ1) is 16.3. The number of rotatable bonds is 5. The summed E-state index contributed by atoms with van der Waals surface area (Å²) in [4.78, 5) is 12.2. The standard InChI is InChI=1S/C16H17F3N2O/c1-2-12(14(22)21-15(10-20)7-8-15)9-11-3-5-13(6-4-11)16(17,18)19/h3-6,12H,2,7-9H2,1H3,(H,21,22)/t12-/m1/s1. The fourth-order valence-corrected chi connectivity index (χ4v) is 2.26. The Labute approximate surface area is 127 Å². The highest BCUT2D eigenvalue weighted by Gasteiger charge is 2.45. The Balaban J connectivity index is 2.01. The highest BCUT2D eigenvalue weighted by molar-refractivity contribution is 5.80. The van der Waals surface area contributed by atoms with Gasteiger partial charge in [0.05, 0.1) is 11.6 Å². The first-order chi connectivity index (χ1) is 10.3. The van der Waals surface area contributed by atoms with Crippen molar-refractivity contribution in [1.29, 1.82) is 5.26 Å². The van der Waals surface area contributed by atoms with E-state index in [-0.39, 0.29) is 11.8 Å². The molecular weight excluding hydrogens is 293 g/mol. The van der Waals surface area contributed by atoms with Gasteiger partial charge in [0.25, 0.3) is 0 Å². The average Bonchev–Trinajstić information content (AvgIpc) is 3.24. The lowest BCUT2D eigenvalue weighted by atomic mass is 9.95. The number of amides is 1. The van der Waals surface area contributed by atoms with E-state index >= 15 is 0 Å². The average molecular weight is 310 g/mol. The molecule has 22 heavy (non-hydrogen) atoms. The van der Waals surface area contributed by atoms with Gasteiger partial charge in [-0.1, -0.05) is 19.1 Å². The number of hydrogen-bond acceptors (Lipinski definition) is 2. The van der Waals surface area contributed by atoms with Crippen LogP contribution in [0.4, 0.5) is 13.2 Å². The minimum Gasteiger partial charge on any atom is -0.338 e. The molecule has 1 aliphatic rings. The molecule has 118 valence electrons. The topological polar surface area (TPSA) is 52.9 Å². The number of benzene rings is 1. The summed E-state index contributed by atoms with van der Waals surface area (Å²) < 4.78 is 37.5. The van der Waals surface area contributed by atoms with Gasteiger partial charge in [-0.15, -0.1) is 0 Å². The lowest BCUT2D eigenvalue weighted by molar-refractivity contribution is -0.137. The van der Waals surface area contributed by atoms with Gasteiger partial charge in [-0.25, -0.2) is 0 Å². The van der Waals surface area contributed by atoms with Crippen molar-refractivity contribution in [1.82, 2.24) is 5.32 Å². The Hall–Kier alpha value is -2.03. The predicted molar refractivity (Wildman–Crippen MR) is 74.6 cm³/mol. The van der Waals surface area contributed by atoms with Crippen LogP contribution in [0.1, 0.15) is 37.3 Å². The highest BCUT2D eigenvalue weighted by Crippen LogP contribution is 2.35. The van der Waals surface area contributed by atoms with Crippen LogP contribution in [0.15, 0.2) is 24.3 Å². The van der Waals surface area contributed by atoms with E-state index in [1.54, 1.807) is 0 Å². The molecule has 1 N–H and O–H groups in total. The normalized spacial score (nSPS) is 17.4. The third kappa shape index (κ3) is 3.79. The second-order valence-electron chi connectivity index (χ2n) is 5.69. The molecule has 0 aliphatic heterocycles. The lowest BCUT2D eigenvalue weighted by Crippen LogP contribution is -2.40. The van der Waals surface area contributed by atoms with Gasteiger partial charge in [0.15, 0.2) is 0 Å². The summed E-state index contributed by atoms with van der Waals surface area (Å²) in [5, 5.41) is 11.7. The van der Waals surface area contributed by atoms with E-state index in [1.165, 1.54) is 12.1 Å². The number of nitrogens with zero attached hydrogens (tertiary/aromatic N) is 1. The molecular formula is C16H17F3N2O. The van der Waals surface area contributed by atoms with Crippen LogP contribution in [0, 0.1) is 17.2 Å². The molecule has 1 aliphatic carbocycles. The van der Waals surface area contributed by atoms with Gasteiger partial charge in [0.2, 0.25) is 5.91 Å². The van der Waals surface area contributed by atoms with Crippen LogP contribution < -0.4 is 5.32 Å². The number of nitriles is 1. The Morgan fingerprint density at radius 2 is 1.95 bits per heavy atom. The van der Waals surface area contributed by atoms with E-state index in [0.717, 1.165) is 12.1 Å². The van der Waals surface area contributed by atoms with Crippen LogP contribution in [0.2, 0.25) is 0 Å². The lowest BCUT2D eigenvalue weighted by Gasteiger charge is -2.17. The molecule has 0 saturated heterocycles. The molecule has 0 bridgehead atoms. The predicted octanol–water partition coefficient (Wildman–Crippen LogP) is 3.45. The highest BCUT2D eigenvalue weighted by atomic mass is 19.4. The van der Waals surface area contributed by atoms with Crippen LogP contribution in [0.5, 0.6) is 0 Å². The molecule has 1 amide bonds. The Morgan fingerprint density at radius 3 is 2.36 bits per heavy atom. The van der Waals surface area contributed by atoms with Crippen LogP contribution in [-0.4, -0.2) is 11.4 Å². The molecule has 1 aromatic carbocycles. The monoisotopic (exact) mass is 310 g/mol. The third-order valence-electron chi connectivity index (χ3n) is 3.95. The molecule has 6 heteroatoms. The first-order valence-electron chi connectivity index (χ1n) is 7.19. The molecule has 0 radical (unpaired) electrons. The zero-order valence-corrected chi connectivity index (χ0v) is 12.2. The van der Waals surface area contributed by atoms with Crippen molar-refractivity contribution in [2.75, 3.05) is 0 Å². The fourth-order valence-electron chi connectivity index (χ4n) is 2.26. The van der Waals surface area contributed by atoms with Gasteiger partial charge in [0, 0.05) is 5.92 Å². The molecule has 0 spiro atoms. The summed E-state index contributed by atoms with van der Waals surface area (Å²) >= 11 is 0. The maximum Gasteiger partial charge on any atom is 0.416 e. The second kappa shape index (κ2) is 5.99. The Morgan fingerprint density at radius 1 is 1.36 bits per heavy atom. The van der Waals surface area contributed by atoms with Gasteiger partial charge in [-0.2, -0.15) is 18.4 Å². The molecule has 2 rings (SSSR count). The van der Waals surface area contributed by atoms with Crippen molar-refractivity contribution >= 4 is 5.91 Å². The van der Waals surface area contributed by atoms with E-state index < -0.39 is 17.3 Å². The van der Waals surface area contributed by atoms with Crippen LogP contribution in [-0.2, 0) is 17.4 Å². The summed E-state index contributed by atoms with van der Waals surface area (Å²) in [5.41, 5.74) is -0.739. The van der Waals surface area contributed by atoms with Crippen molar-refractivity contribution in [2.45, 2.75) is 44.3 Å². The van der Waals surface area contributed by atoms with Crippen LogP contribution in [0.25, 0.3) is 0 Å². The van der Waals surface area contributed by atoms with Gasteiger partial charge in [0.1, 0.15) is 5.54 Å². The number of carbonyl (C=O) groups is 1. The largest absolute Gasteiger partial charge is 0.416 e. The summed E-state index contributed by atoms with van der Waals surface area (Å²) in [7, 11) is 0. The first-order valence-corrected chi connectivity index (χ1v) is 7.19. The molecule has 0 unspecified atom stereocenters. The van der Waals surface area contributed by atoms with E-state index in [0.29, 0.717) is 31.2 Å². The zero-order valence-electron chi connectivity index (χ0n) is 12.2. The second-order valence-corrected chi connectivity index (χ2v) is 5.69. The maximum atomic E-state index is 12.5. The maximum absolute atomic E-state index is 12.5. The Kier molecular flexibility index (Phi) is 4.45.